The number of halogens is 1. The number of fused-ring (bicyclic) bond motifs is 1. The van der Waals surface area contributed by atoms with E-state index < -0.39 is 0 Å². The molecule has 1 atom stereocenters. The minimum absolute atomic E-state index is 0.100. The summed E-state index contributed by atoms with van der Waals surface area (Å²) in [6.45, 7) is 2.08. The standard InChI is InChI=1S/C18H16BrN/c1-12-6-7-16(11-17(12)19)18(20)15-9-8-13-4-2-3-5-14(13)10-15/h2-11,18H,20H2,1H3. The third kappa shape index (κ3) is 2.49. The van der Waals surface area contributed by atoms with Gasteiger partial charge in [0.15, 0.2) is 0 Å². The van der Waals surface area contributed by atoms with E-state index in [9.17, 15) is 0 Å². The van der Waals surface area contributed by atoms with Crippen LogP contribution in [0.2, 0.25) is 0 Å². The van der Waals surface area contributed by atoms with Crippen molar-refractivity contribution in [3.8, 4) is 0 Å². The first-order valence-corrected chi connectivity index (χ1v) is 7.45. The van der Waals surface area contributed by atoms with Gasteiger partial charge in [0.2, 0.25) is 0 Å². The highest BCUT2D eigenvalue weighted by molar-refractivity contribution is 9.10. The molecule has 0 radical (unpaired) electrons. The number of aryl methyl sites for hydroxylation is 1. The van der Waals surface area contributed by atoms with E-state index in [1.807, 2.05) is 0 Å². The van der Waals surface area contributed by atoms with Crippen LogP contribution >= 0.6 is 15.9 Å². The molecule has 1 nitrogen and oxygen atoms in total. The first-order valence-electron chi connectivity index (χ1n) is 6.65. The highest BCUT2D eigenvalue weighted by atomic mass is 79.9. The van der Waals surface area contributed by atoms with Crippen LogP contribution in [0.15, 0.2) is 65.1 Å². The van der Waals surface area contributed by atoms with Gasteiger partial charge in [0.1, 0.15) is 0 Å². The molecular weight excluding hydrogens is 310 g/mol. The lowest BCUT2D eigenvalue weighted by molar-refractivity contribution is 0.871. The van der Waals surface area contributed by atoms with Gasteiger partial charge in [-0.05, 0) is 46.5 Å². The molecule has 0 fully saturated rings. The van der Waals surface area contributed by atoms with E-state index in [0.717, 1.165) is 15.6 Å². The van der Waals surface area contributed by atoms with Crippen LogP contribution < -0.4 is 5.73 Å². The summed E-state index contributed by atoms with van der Waals surface area (Å²) in [5, 5.41) is 2.47. The first-order chi connectivity index (χ1) is 9.65. The fourth-order valence-electron chi connectivity index (χ4n) is 2.40. The quantitative estimate of drug-likeness (QED) is 0.708. The average molecular weight is 326 g/mol. The van der Waals surface area contributed by atoms with Crippen LogP contribution in [0.3, 0.4) is 0 Å². The maximum Gasteiger partial charge on any atom is 0.0552 e. The van der Waals surface area contributed by atoms with Crippen molar-refractivity contribution in [2.45, 2.75) is 13.0 Å². The molecule has 1 unspecified atom stereocenters. The second-order valence-electron chi connectivity index (χ2n) is 5.09. The summed E-state index contributed by atoms with van der Waals surface area (Å²) in [5.74, 6) is 0. The van der Waals surface area contributed by atoms with Gasteiger partial charge in [-0.2, -0.15) is 0 Å². The molecule has 0 aliphatic carbocycles. The van der Waals surface area contributed by atoms with Crippen LogP contribution in [0, 0.1) is 6.92 Å². The van der Waals surface area contributed by atoms with Gasteiger partial charge < -0.3 is 5.73 Å². The highest BCUT2D eigenvalue weighted by Crippen LogP contribution is 2.27. The van der Waals surface area contributed by atoms with E-state index in [-0.39, 0.29) is 6.04 Å². The lowest BCUT2D eigenvalue weighted by atomic mass is 9.96. The summed E-state index contributed by atoms with van der Waals surface area (Å²) in [4.78, 5) is 0. The number of rotatable bonds is 2. The fourth-order valence-corrected chi connectivity index (χ4v) is 2.79. The lowest BCUT2D eigenvalue weighted by Gasteiger charge is -2.14. The molecule has 0 amide bonds. The number of hydrogen-bond donors (Lipinski definition) is 1. The lowest BCUT2D eigenvalue weighted by Crippen LogP contribution is -2.11. The Balaban J connectivity index is 2.02. The Kier molecular flexibility index (Phi) is 3.60. The average Bonchev–Trinajstić information content (AvgIpc) is 2.49. The molecule has 0 heterocycles. The van der Waals surface area contributed by atoms with E-state index in [0.29, 0.717) is 0 Å². The Morgan fingerprint density at radius 2 is 1.50 bits per heavy atom. The van der Waals surface area contributed by atoms with Gasteiger partial charge >= 0.3 is 0 Å². The molecule has 0 spiro atoms. The van der Waals surface area contributed by atoms with Crippen LogP contribution in [0.5, 0.6) is 0 Å². The summed E-state index contributed by atoms with van der Waals surface area (Å²) in [6, 6.07) is 21.0. The second-order valence-corrected chi connectivity index (χ2v) is 5.95. The van der Waals surface area contributed by atoms with Gasteiger partial charge in [0.05, 0.1) is 6.04 Å². The summed E-state index contributed by atoms with van der Waals surface area (Å²) in [6.07, 6.45) is 0. The largest absolute Gasteiger partial charge is 0.320 e. The van der Waals surface area contributed by atoms with Crippen molar-refractivity contribution in [3.05, 3.63) is 81.8 Å². The van der Waals surface area contributed by atoms with Crippen molar-refractivity contribution in [1.29, 1.82) is 0 Å². The third-order valence-electron chi connectivity index (χ3n) is 3.69. The molecular formula is C18H16BrN. The fraction of sp³-hybridized carbons (Fsp3) is 0.111. The third-order valence-corrected chi connectivity index (χ3v) is 4.54. The highest BCUT2D eigenvalue weighted by Gasteiger charge is 2.10. The number of nitrogens with two attached hydrogens (primary N) is 1. The van der Waals surface area contributed by atoms with Crippen molar-refractivity contribution in [2.75, 3.05) is 0 Å². The molecule has 0 saturated carbocycles. The summed E-state index contributed by atoms with van der Waals surface area (Å²) < 4.78 is 1.10. The Morgan fingerprint density at radius 3 is 2.25 bits per heavy atom. The van der Waals surface area contributed by atoms with Crippen molar-refractivity contribution < 1.29 is 0 Å². The van der Waals surface area contributed by atoms with Crippen LogP contribution in [0.4, 0.5) is 0 Å². The molecule has 3 aromatic carbocycles. The normalized spacial score (nSPS) is 12.6. The Bertz CT molecular complexity index is 764. The van der Waals surface area contributed by atoms with Crippen molar-refractivity contribution in [3.63, 3.8) is 0 Å². The molecule has 3 aromatic rings. The van der Waals surface area contributed by atoms with Crippen LogP contribution in [0.1, 0.15) is 22.7 Å². The second kappa shape index (κ2) is 5.39. The Hall–Kier alpha value is -1.64. The maximum absolute atomic E-state index is 6.41. The molecule has 20 heavy (non-hydrogen) atoms. The molecule has 0 aliphatic rings. The van der Waals surface area contributed by atoms with E-state index in [4.69, 9.17) is 5.73 Å². The molecule has 2 heteroatoms. The number of hydrogen-bond acceptors (Lipinski definition) is 1. The van der Waals surface area contributed by atoms with Gasteiger partial charge in [0, 0.05) is 4.47 Å². The molecule has 2 N–H and O–H groups in total. The Labute approximate surface area is 127 Å². The molecule has 100 valence electrons. The molecule has 0 aromatic heterocycles. The van der Waals surface area contributed by atoms with Crippen LogP contribution in [0.25, 0.3) is 10.8 Å². The summed E-state index contributed by atoms with van der Waals surface area (Å²) >= 11 is 3.57. The van der Waals surface area contributed by atoms with E-state index >= 15 is 0 Å². The van der Waals surface area contributed by atoms with Crippen molar-refractivity contribution in [1.82, 2.24) is 0 Å². The zero-order chi connectivity index (χ0) is 14.1. The molecule has 0 saturated heterocycles. The smallest absolute Gasteiger partial charge is 0.0552 e. The van der Waals surface area contributed by atoms with Gasteiger partial charge in [-0.3, -0.25) is 0 Å². The molecule has 3 rings (SSSR count). The van der Waals surface area contributed by atoms with Gasteiger partial charge in [-0.15, -0.1) is 0 Å². The minimum atomic E-state index is -0.100. The van der Waals surface area contributed by atoms with Crippen molar-refractivity contribution >= 4 is 26.7 Å². The monoisotopic (exact) mass is 325 g/mol. The van der Waals surface area contributed by atoms with Gasteiger partial charge in [-0.25, -0.2) is 0 Å². The van der Waals surface area contributed by atoms with Crippen molar-refractivity contribution in [2.24, 2.45) is 5.73 Å². The van der Waals surface area contributed by atoms with Gasteiger partial charge in [0.25, 0.3) is 0 Å². The zero-order valence-corrected chi connectivity index (χ0v) is 12.9. The zero-order valence-electron chi connectivity index (χ0n) is 11.3. The van der Waals surface area contributed by atoms with E-state index in [1.165, 1.54) is 16.3 Å². The first kappa shape index (κ1) is 13.3. The van der Waals surface area contributed by atoms with Gasteiger partial charge in [-0.1, -0.05) is 64.5 Å². The van der Waals surface area contributed by atoms with E-state index in [2.05, 4.69) is 83.5 Å². The topological polar surface area (TPSA) is 26.0 Å². The van der Waals surface area contributed by atoms with E-state index in [1.54, 1.807) is 0 Å². The molecule has 0 bridgehead atoms. The van der Waals surface area contributed by atoms with Crippen LogP contribution in [-0.2, 0) is 0 Å². The Morgan fingerprint density at radius 1 is 0.850 bits per heavy atom. The number of benzene rings is 3. The molecule has 0 aliphatic heterocycles. The predicted octanol–water partition coefficient (Wildman–Crippen LogP) is 4.96. The predicted molar refractivity (Wildman–Crippen MR) is 88.9 cm³/mol. The van der Waals surface area contributed by atoms with Crippen LogP contribution in [-0.4, -0.2) is 0 Å². The maximum atomic E-state index is 6.41. The SMILES string of the molecule is Cc1ccc(C(N)c2ccc3ccccc3c2)cc1Br. The summed E-state index contributed by atoms with van der Waals surface area (Å²) in [7, 11) is 0. The summed E-state index contributed by atoms with van der Waals surface area (Å²) in [5.41, 5.74) is 9.89. The minimum Gasteiger partial charge on any atom is -0.320 e.